The van der Waals surface area contributed by atoms with Crippen molar-refractivity contribution in [2.75, 3.05) is 5.32 Å². The van der Waals surface area contributed by atoms with Crippen LogP contribution in [0.3, 0.4) is 0 Å². The number of rotatable bonds is 4. The molecule has 0 fully saturated rings. The molecule has 0 amide bonds. The van der Waals surface area contributed by atoms with Crippen molar-refractivity contribution in [3.8, 4) is 0 Å². The number of hydrogen-bond acceptors (Lipinski definition) is 4. The lowest BCUT2D eigenvalue weighted by Crippen LogP contribution is -2.07. The summed E-state index contributed by atoms with van der Waals surface area (Å²) in [5.74, 6) is -0.826. The molecule has 0 bridgehead atoms. The average Bonchev–Trinajstić information content (AvgIpc) is 2.85. The largest absolute Gasteiger partial charge is 0.416 e. The third kappa shape index (κ3) is 3.69. The highest BCUT2D eigenvalue weighted by molar-refractivity contribution is 7.13. The predicted molar refractivity (Wildman–Crippen MR) is 69.7 cm³/mol. The number of nitro groups is 1. The van der Waals surface area contributed by atoms with Crippen LogP contribution < -0.4 is 5.32 Å². The van der Waals surface area contributed by atoms with Crippen LogP contribution in [0.25, 0.3) is 0 Å². The number of nitrogens with one attached hydrogen (secondary N) is 1. The van der Waals surface area contributed by atoms with Gasteiger partial charge in [-0.3, -0.25) is 10.1 Å². The van der Waals surface area contributed by atoms with E-state index in [1.165, 1.54) is 11.4 Å². The quantitative estimate of drug-likeness (QED) is 0.515. The van der Waals surface area contributed by atoms with E-state index in [1.807, 2.05) is 0 Å². The second-order valence-corrected chi connectivity index (χ2v) is 4.99. The van der Waals surface area contributed by atoms with Crippen LogP contribution in [-0.4, -0.2) is 4.92 Å². The molecule has 0 spiro atoms. The van der Waals surface area contributed by atoms with Gasteiger partial charge < -0.3 is 5.32 Å². The molecule has 2 rings (SSSR count). The first-order valence-electron chi connectivity index (χ1n) is 5.60. The van der Waals surface area contributed by atoms with E-state index in [-0.39, 0.29) is 17.2 Å². The van der Waals surface area contributed by atoms with E-state index >= 15 is 0 Å². The Kier molecular flexibility index (Phi) is 4.12. The Balaban J connectivity index is 2.13. The monoisotopic (exact) mass is 320 g/mol. The Morgan fingerprint density at radius 1 is 1.29 bits per heavy atom. The predicted octanol–water partition coefficient (Wildman–Crippen LogP) is 4.43. The van der Waals surface area contributed by atoms with Crippen LogP contribution in [0, 0.1) is 15.9 Å². The summed E-state index contributed by atoms with van der Waals surface area (Å²) in [5, 5.41) is 14.4. The van der Waals surface area contributed by atoms with Gasteiger partial charge in [0.05, 0.1) is 16.2 Å². The number of anilines is 1. The van der Waals surface area contributed by atoms with Gasteiger partial charge in [0.1, 0.15) is 5.82 Å². The summed E-state index contributed by atoms with van der Waals surface area (Å²) in [4.78, 5) is 9.94. The van der Waals surface area contributed by atoms with Gasteiger partial charge in [0, 0.05) is 18.0 Å². The molecule has 0 atom stereocenters. The molecule has 1 N–H and O–H groups in total. The molecular formula is C12H8F4N2O2S. The number of thiophene rings is 1. The van der Waals surface area contributed by atoms with Crippen LogP contribution in [0.15, 0.2) is 29.6 Å². The number of nitrogens with zero attached hydrogens (tertiary/aromatic N) is 1. The lowest BCUT2D eigenvalue weighted by atomic mass is 10.2. The molecule has 9 heteroatoms. The lowest BCUT2D eigenvalue weighted by molar-refractivity contribution is -0.380. The highest BCUT2D eigenvalue weighted by Gasteiger charge is 2.31. The van der Waals surface area contributed by atoms with E-state index < -0.39 is 22.5 Å². The molecule has 21 heavy (non-hydrogen) atoms. The maximum absolute atomic E-state index is 13.5. The second kappa shape index (κ2) is 5.68. The fourth-order valence-electron chi connectivity index (χ4n) is 1.59. The fourth-order valence-corrected chi connectivity index (χ4v) is 2.31. The third-order valence-electron chi connectivity index (χ3n) is 2.60. The summed E-state index contributed by atoms with van der Waals surface area (Å²) in [5.41, 5.74) is -0.787. The second-order valence-electron chi connectivity index (χ2n) is 4.10. The lowest BCUT2D eigenvalue weighted by Gasteiger charge is -2.11. The number of hydrogen-bond donors (Lipinski definition) is 1. The van der Waals surface area contributed by atoms with Gasteiger partial charge in [-0.2, -0.15) is 13.2 Å². The van der Waals surface area contributed by atoms with E-state index in [9.17, 15) is 27.7 Å². The summed E-state index contributed by atoms with van der Waals surface area (Å²) < 4.78 is 51.1. The van der Waals surface area contributed by atoms with E-state index in [4.69, 9.17) is 0 Å². The maximum Gasteiger partial charge on any atom is 0.416 e. The van der Waals surface area contributed by atoms with Gasteiger partial charge in [-0.05, 0) is 23.8 Å². The average molecular weight is 320 g/mol. The van der Waals surface area contributed by atoms with Crippen molar-refractivity contribution in [2.45, 2.75) is 12.7 Å². The van der Waals surface area contributed by atoms with Gasteiger partial charge >= 0.3 is 11.2 Å². The topological polar surface area (TPSA) is 55.2 Å². The van der Waals surface area contributed by atoms with Crippen molar-refractivity contribution in [1.29, 1.82) is 0 Å². The molecular weight excluding hydrogens is 312 g/mol. The minimum Gasteiger partial charge on any atom is -0.379 e. The Hall–Kier alpha value is -2.16. The maximum atomic E-state index is 13.5. The first-order chi connectivity index (χ1) is 9.77. The zero-order valence-corrected chi connectivity index (χ0v) is 11.1. The molecule has 0 radical (unpaired) electrons. The minimum absolute atomic E-state index is 0.0113. The molecule has 0 aliphatic heterocycles. The first kappa shape index (κ1) is 15.2. The van der Waals surface area contributed by atoms with Gasteiger partial charge in [-0.15, -0.1) is 0 Å². The molecule has 0 saturated heterocycles. The number of halogens is 4. The molecule has 1 heterocycles. The summed E-state index contributed by atoms with van der Waals surface area (Å²) in [7, 11) is 0. The molecule has 0 unspecified atom stereocenters. The molecule has 1 aromatic carbocycles. The van der Waals surface area contributed by atoms with Crippen LogP contribution in [0.2, 0.25) is 0 Å². The summed E-state index contributed by atoms with van der Waals surface area (Å²) in [6, 6.07) is 3.32. The SMILES string of the molecule is O=[N+]([O-])c1cc(CNc2cc(C(F)(F)F)ccc2F)cs1. The first-order valence-corrected chi connectivity index (χ1v) is 6.48. The van der Waals surface area contributed by atoms with Crippen molar-refractivity contribution in [2.24, 2.45) is 0 Å². The van der Waals surface area contributed by atoms with Crippen LogP contribution in [0.1, 0.15) is 11.1 Å². The Bertz CT molecular complexity index is 670. The Morgan fingerprint density at radius 2 is 2.00 bits per heavy atom. The van der Waals surface area contributed by atoms with Crippen molar-refractivity contribution >= 4 is 22.0 Å². The van der Waals surface area contributed by atoms with Crippen molar-refractivity contribution < 1.29 is 22.5 Å². The van der Waals surface area contributed by atoms with Crippen LogP contribution in [0.4, 0.5) is 28.3 Å². The molecule has 112 valence electrons. The summed E-state index contributed by atoms with van der Waals surface area (Å²) in [6.07, 6.45) is -4.56. The van der Waals surface area contributed by atoms with E-state index in [2.05, 4.69) is 5.32 Å². The van der Waals surface area contributed by atoms with Crippen molar-refractivity contribution in [3.63, 3.8) is 0 Å². The zero-order valence-electron chi connectivity index (χ0n) is 10.3. The summed E-state index contributed by atoms with van der Waals surface area (Å²) in [6.45, 7) is -0.0113. The highest BCUT2D eigenvalue weighted by Crippen LogP contribution is 2.32. The third-order valence-corrected chi connectivity index (χ3v) is 3.53. The van der Waals surface area contributed by atoms with Crippen molar-refractivity contribution in [1.82, 2.24) is 0 Å². The minimum atomic E-state index is -4.56. The van der Waals surface area contributed by atoms with Gasteiger partial charge in [0.25, 0.3) is 0 Å². The molecule has 2 aromatic rings. The number of benzene rings is 1. The van der Waals surface area contributed by atoms with Crippen LogP contribution in [-0.2, 0) is 12.7 Å². The number of alkyl halides is 3. The fraction of sp³-hybridized carbons (Fsp3) is 0.167. The van der Waals surface area contributed by atoms with E-state index in [0.29, 0.717) is 17.7 Å². The van der Waals surface area contributed by atoms with Gasteiger partial charge in [0.2, 0.25) is 0 Å². The molecule has 0 aliphatic rings. The molecule has 1 aromatic heterocycles. The van der Waals surface area contributed by atoms with Crippen molar-refractivity contribution in [3.05, 3.63) is 56.7 Å². The van der Waals surface area contributed by atoms with Crippen LogP contribution in [0.5, 0.6) is 0 Å². The summed E-state index contributed by atoms with van der Waals surface area (Å²) >= 11 is 0.892. The Morgan fingerprint density at radius 3 is 2.57 bits per heavy atom. The molecule has 0 aliphatic carbocycles. The zero-order chi connectivity index (χ0) is 15.6. The highest BCUT2D eigenvalue weighted by atomic mass is 32.1. The van der Waals surface area contributed by atoms with Gasteiger partial charge in [-0.1, -0.05) is 11.3 Å². The van der Waals surface area contributed by atoms with Gasteiger partial charge in [-0.25, -0.2) is 4.39 Å². The standard InChI is InChI=1S/C12H8F4N2O2S/c13-9-2-1-8(12(14,15)16)4-10(9)17-5-7-3-11(18(19)20)21-6-7/h1-4,6,17H,5H2. The van der Waals surface area contributed by atoms with Gasteiger partial charge in [0.15, 0.2) is 0 Å². The Labute approximate surface area is 120 Å². The van der Waals surface area contributed by atoms with E-state index in [0.717, 1.165) is 17.4 Å². The smallest absolute Gasteiger partial charge is 0.379 e. The molecule has 0 saturated carbocycles. The van der Waals surface area contributed by atoms with E-state index in [1.54, 1.807) is 0 Å². The van der Waals surface area contributed by atoms with Crippen LogP contribution >= 0.6 is 11.3 Å². The molecule has 4 nitrogen and oxygen atoms in total. The normalized spacial score (nSPS) is 11.4.